The Balaban J connectivity index is 1.64. The monoisotopic (exact) mass is 391 g/mol. The maximum atomic E-state index is 12.5. The maximum absolute atomic E-state index is 12.5. The quantitative estimate of drug-likeness (QED) is 0.626. The van der Waals surface area contributed by atoms with Gasteiger partial charge in [0.15, 0.2) is 0 Å². The van der Waals surface area contributed by atoms with E-state index in [1.807, 2.05) is 50.6 Å². The van der Waals surface area contributed by atoms with Crippen LogP contribution in [0.2, 0.25) is 0 Å². The van der Waals surface area contributed by atoms with Gasteiger partial charge in [-0.3, -0.25) is 4.79 Å². The Morgan fingerprint density at radius 1 is 1.00 bits per heavy atom. The highest BCUT2D eigenvalue weighted by Crippen LogP contribution is 2.16. The first-order valence-corrected chi connectivity index (χ1v) is 9.55. The van der Waals surface area contributed by atoms with Gasteiger partial charge < -0.3 is 10.1 Å². The highest BCUT2D eigenvalue weighted by atomic mass is 16.5. The zero-order valence-corrected chi connectivity index (χ0v) is 17.1. The Kier molecular flexibility index (Phi) is 6.12. The molecular weight excluding hydrogens is 366 g/mol. The average Bonchev–Trinajstić information content (AvgIpc) is 3.04. The highest BCUT2D eigenvalue weighted by Gasteiger charge is 2.11. The van der Waals surface area contributed by atoms with Gasteiger partial charge in [-0.1, -0.05) is 13.8 Å². The first kappa shape index (κ1) is 20.3. The number of aryl methyl sites for hydroxylation is 2. The Morgan fingerprint density at radius 2 is 1.62 bits per heavy atom. The lowest BCUT2D eigenvalue weighted by Crippen LogP contribution is -2.13. The first-order chi connectivity index (χ1) is 13.8. The predicted octanol–water partition coefficient (Wildman–Crippen LogP) is 4.55. The molecule has 0 aliphatic carbocycles. The molecule has 1 aromatic heterocycles. The van der Waals surface area contributed by atoms with Crippen molar-refractivity contribution in [2.24, 2.45) is 5.92 Å². The molecule has 0 saturated heterocycles. The zero-order valence-electron chi connectivity index (χ0n) is 17.1. The van der Waals surface area contributed by atoms with Gasteiger partial charge in [-0.05, 0) is 74.4 Å². The number of carbonyl (C=O) groups is 2. The van der Waals surface area contributed by atoms with Crippen LogP contribution in [0.1, 0.15) is 46.0 Å². The van der Waals surface area contributed by atoms with Gasteiger partial charge in [0.05, 0.1) is 23.6 Å². The fourth-order valence-corrected chi connectivity index (χ4v) is 2.86. The van der Waals surface area contributed by atoms with Gasteiger partial charge in [0.1, 0.15) is 0 Å². The van der Waals surface area contributed by atoms with Crippen molar-refractivity contribution in [1.29, 1.82) is 0 Å². The summed E-state index contributed by atoms with van der Waals surface area (Å²) in [7, 11) is 0. The minimum absolute atomic E-state index is 0.222. The summed E-state index contributed by atoms with van der Waals surface area (Å²) >= 11 is 0. The third-order valence-electron chi connectivity index (χ3n) is 4.31. The van der Waals surface area contributed by atoms with Crippen molar-refractivity contribution in [3.05, 3.63) is 77.1 Å². The van der Waals surface area contributed by atoms with Gasteiger partial charge in [-0.25, -0.2) is 9.48 Å². The molecule has 0 aliphatic rings. The molecule has 2 aromatic carbocycles. The molecule has 0 aliphatic heterocycles. The molecule has 0 spiro atoms. The molecule has 1 amide bonds. The molecule has 1 N–H and O–H groups in total. The molecule has 150 valence electrons. The van der Waals surface area contributed by atoms with E-state index in [4.69, 9.17) is 4.74 Å². The predicted molar refractivity (Wildman–Crippen MR) is 113 cm³/mol. The number of hydrogen-bond acceptors (Lipinski definition) is 4. The van der Waals surface area contributed by atoms with Crippen molar-refractivity contribution in [3.8, 4) is 5.69 Å². The number of benzene rings is 2. The number of aromatic nitrogens is 2. The van der Waals surface area contributed by atoms with Crippen molar-refractivity contribution in [2.75, 3.05) is 11.9 Å². The third-order valence-corrected chi connectivity index (χ3v) is 4.31. The smallest absolute Gasteiger partial charge is 0.338 e. The largest absolute Gasteiger partial charge is 0.462 e. The lowest BCUT2D eigenvalue weighted by molar-refractivity contribution is 0.0459. The average molecular weight is 391 g/mol. The molecular formula is C23H25N3O3. The second-order valence-corrected chi connectivity index (χ2v) is 7.41. The standard InChI is InChI=1S/C23H25N3O3/c1-15(2)14-29-23(28)19-5-9-20(10-6-19)24-22(27)18-7-11-21(12-8-18)26-17(4)13-16(3)25-26/h5-13,15H,14H2,1-4H3,(H,24,27). The summed E-state index contributed by atoms with van der Waals surface area (Å²) in [6.07, 6.45) is 0. The highest BCUT2D eigenvalue weighted by molar-refractivity contribution is 6.04. The van der Waals surface area contributed by atoms with Crippen LogP contribution in [0, 0.1) is 19.8 Å². The van der Waals surface area contributed by atoms with E-state index in [0.717, 1.165) is 17.1 Å². The molecule has 0 fully saturated rings. The van der Waals surface area contributed by atoms with Crippen molar-refractivity contribution in [1.82, 2.24) is 9.78 Å². The van der Waals surface area contributed by atoms with E-state index in [1.165, 1.54) is 0 Å². The van der Waals surface area contributed by atoms with Crippen LogP contribution in [0.25, 0.3) is 5.69 Å². The van der Waals surface area contributed by atoms with Crippen LogP contribution in [0.5, 0.6) is 0 Å². The van der Waals surface area contributed by atoms with E-state index in [9.17, 15) is 9.59 Å². The van der Waals surface area contributed by atoms with E-state index in [-0.39, 0.29) is 17.8 Å². The second-order valence-electron chi connectivity index (χ2n) is 7.41. The lowest BCUT2D eigenvalue weighted by atomic mass is 10.1. The topological polar surface area (TPSA) is 73.2 Å². The van der Waals surface area contributed by atoms with Gasteiger partial charge in [-0.15, -0.1) is 0 Å². The van der Waals surface area contributed by atoms with Gasteiger partial charge >= 0.3 is 5.97 Å². The number of carbonyl (C=O) groups excluding carboxylic acids is 2. The van der Waals surface area contributed by atoms with E-state index in [0.29, 0.717) is 23.4 Å². The number of ether oxygens (including phenoxy) is 1. The van der Waals surface area contributed by atoms with Crippen LogP contribution < -0.4 is 5.32 Å². The van der Waals surface area contributed by atoms with Crippen LogP contribution >= 0.6 is 0 Å². The summed E-state index contributed by atoms with van der Waals surface area (Å²) in [4.78, 5) is 24.5. The van der Waals surface area contributed by atoms with Crippen molar-refractivity contribution in [3.63, 3.8) is 0 Å². The zero-order chi connectivity index (χ0) is 21.0. The summed E-state index contributed by atoms with van der Waals surface area (Å²) in [6, 6.07) is 15.9. The van der Waals surface area contributed by atoms with Crippen LogP contribution in [-0.2, 0) is 4.74 Å². The van der Waals surface area contributed by atoms with Gasteiger partial charge in [-0.2, -0.15) is 5.10 Å². The van der Waals surface area contributed by atoms with Crippen LogP contribution in [0.4, 0.5) is 5.69 Å². The van der Waals surface area contributed by atoms with E-state index in [1.54, 1.807) is 36.4 Å². The fraction of sp³-hybridized carbons (Fsp3) is 0.261. The van der Waals surface area contributed by atoms with Crippen LogP contribution in [0.15, 0.2) is 54.6 Å². The first-order valence-electron chi connectivity index (χ1n) is 9.55. The van der Waals surface area contributed by atoms with Gasteiger partial charge in [0.25, 0.3) is 5.91 Å². The molecule has 3 rings (SSSR count). The minimum Gasteiger partial charge on any atom is -0.462 e. The Morgan fingerprint density at radius 3 is 2.17 bits per heavy atom. The molecule has 6 nitrogen and oxygen atoms in total. The molecule has 29 heavy (non-hydrogen) atoms. The maximum Gasteiger partial charge on any atom is 0.338 e. The van der Waals surface area contributed by atoms with Gasteiger partial charge in [0, 0.05) is 16.9 Å². The molecule has 0 atom stereocenters. The summed E-state index contributed by atoms with van der Waals surface area (Å²) in [5.74, 6) is -0.304. The SMILES string of the molecule is Cc1cc(C)n(-c2ccc(C(=O)Nc3ccc(C(=O)OCC(C)C)cc3)cc2)n1. The van der Waals surface area contributed by atoms with Gasteiger partial charge in [0.2, 0.25) is 0 Å². The van der Waals surface area contributed by atoms with E-state index in [2.05, 4.69) is 10.4 Å². The molecule has 1 heterocycles. The summed E-state index contributed by atoms with van der Waals surface area (Å²) in [6.45, 7) is 8.28. The van der Waals surface area contributed by atoms with Crippen LogP contribution in [0.3, 0.4) is 0 Å². The lowest BCUT2D eigenvalue weighted by Gasteiger charge is -2.09. The number of anilines is 1. The van der Waals surface area contributed by atoms with Crippen molar-refractivity contribution < 1.29 is 14.3 Å². The number of hydrogen-bond donors (Lipinski definition) is 1. The fourth-order valence-electron chi connectivity index (χ4n) is 2.86. The number of esters is 1. The summed E-state index contributed by atoms with van der Waals surface area (Å²) in [5.41, 5.74) is 4.48. The molecule has 0 radical (unpaired) electrons. The second kappa shape index (κ2) is 8.73. The Bertz CT molecular complexity index is 1000. The summed E-state index contributed by atoms with van der Waals surface area (Å²) in [5, 5.41) is 7.28. The number of nitrogens with one attached hydrogen (secondary N) is 1. The summed E-state index contributed by atoms with van der Waals surface area (Å²) < 4.78 is 7.05. The van der Waals surface area contributed by atoms with Crippen molar-refractivity contribution >= 4 is 17.6 Å². The molecule has 0 unspecified atom stereocenters. The third kappa shape index (κ3) is 5.10. The minimum atomic E-state index is -0.365. The molecule has 3 aromatic rings. The normalized spacial score (nSPS) is 10.8. The van der Waals surface area contributed by atoms with Crippen LogP contribution in [-0.4, -0.2) is 28.3 Å². The number of nitrogens with zero attached hydrogens (tertiary/aromatic N) is 2. The number of rotatable bonds is 6. The van der Waals surface area contributed by atoms with E-state index >= 15 is 0 Å². The molecule has 6 heteroatoms. The number of amides is 1. The Hall–Kier alpha value is -3.41. The van der Waals surface area contributed by atoms with Crippen molar-refractivity contribution in [2.45, 2.75) is 27.7 Å². The molecule has 0 saturated carbocycles. The Labute approximate surface area is 170 Å². The van der Waals surface area contributed by atoms with E-state index < -0.39 is 0 Å². The molecule has 0 bridgehead atoms.